The van der Waals surface area contributed by atoms with E-state index in [-0.39, 0.29) is 5.75 Å². The van der Waals surface area contributed by atoms with E-state index in [4.69, 9.17) is 0 Å². The molecule has 0 radical (unpaired) electrons. The van der Waals surface area contributed by atoms with Crippen LogP contribution < -0.4 is 0 Å². The molecule has 96 valence electrons. The lowest BCUT2D eigenvalue weighted by molar-refractivity contribution is 0.590. The summed E-state index contributed by atoms with van der Waals surface area (Å²) in [4.78, 5) is 0.327. The summed E-state index contributed by atoms with van der Waals surface area (Å²) < 4.78 is 22.6. The van der Waals surface area contributed by atoms with E-state index in [2.05, 4.69) is 28.1 Å². The molecule has 17 heavy (non-hydrogen) atoms. The first-order chi connectivity index (χ1) is 8.05. The van der Waals surface area contributed by atoms with Gasteiger partial charge >= 0.3 is 0 Å². The molecule has 1 rings (SSSR count). The highest BCUT2D eigenvalue weighted by Gasteiger charge is 2.09. The minimum Gasteiger partial charge on any atom is -0.229 e. The molecule has 0 fully saturated rings. The van der Waals surface area contributed by atoms with E-state index in [1.165, 1.54) is 5.56 Å². The number of alkyl halides is 1. The average Bonchev–Trinajstić information content (AvgIpc) is 2.35. The van der Waals surface area contributed by atoms with Crippen molar-refractivity contribution in [3.8, 4) is 0 Å². The fraction of sp³-hybridized carbons (Fsp3) is 0.538. The Labute approximate surface area is 112 Å². The number of benzene rings is 1. The molecule has 0 aliphatic carbocycles. The molecule has 1 aromatic carbocycles. The van der Waals surface area contributed by atoms with Gasteiger partial charge in [0.05, 0.1) is 5.75 Å². The van der Waals surface area contributed by atoms with Crippen molar-refractivity contribution in [3.05, 3.63) is 35.9 Å². The van der Waals surface area contributed by atoms with Gasteiger partial charge in [-0.3, -0.25) is 0 Å². The lowest BCUT2D eigenvalue weighted by Gasteiger charge is -2.09. The Morgan fingerprint density at radius 1 is 1.18 bits per heavy atom. The van der Waals surface area contributed by atoms with Crippen LogP contribution in [0, 0.1) is 0 Å². The summed E-state index contributed by atoms with van der Waals surface area (Å²) in [6.07, 6.45) is 2.67. The van der Waals surface area contributed by atoms with Gasteiger partial charge < -0.3 is 0 Å². The molecule has 0 aliphatic rings. The van der Waals surface area contributed by atoms with E-state index >= 15 is 0 Å². The molecule has 0 N–H and O–H groups in total. The fourth-order valence-corrected chi connectivity index (χ4v) is 3.18. The van der Waals surface area contributed by atoms with Gasteiger partial charge in [0.25, 0.3) is 0 Å². The Morgan fingerprint density at radius 2 is 1.82 bits per heavy atom. The summed E-state index contributed by atoms with van der Waals surface area (Å²) in [7, 11) is -2.80. The molecule has 0 saturated carbocycles. The third-order valence-electron chi connectivity index (χ3n) is 2.76. The molecule has 0 heterocycles. The van der Waals surface area contributed by atoms with Gasteiger partial charge in [-0.05, 0) is 18.4 Å². The van der Waals surface area contributed by atoms with Gasteiger partial charge in [-0.25, -0.2) is 8.42 Å². The Kier molecular flexibility index (Phi) is 6.20. The molecule has 0 amide bonds. The SMILES string of the molecule is CCS(=O)(=O)CCCCC(Br)c1ccccc1. The van der Waals surface area contributed by atoms with E-state index < -0.39 is 9.84 Å². The second-order valence-corrected chi connectivity index (χ2v) is 7.69. The van der Waals surface area contributed by atoms with Crippen LogP contribution >= 0.6 is 15.9 Å². The van der Waals surface area contributed by atoms with Crippen molar-refractivity contribution in [1.82, 2.24) is 0 Å². The van der Waals surface area contributed by atoms with Crippen LogP contribution in [0.4, 0.5) is 0 Å². The van der Waals surface area contributed by atoms with Gasteiger partial charge in [0.15, 0.2) is 0 Å². The minimum atomic E-state index is -2.80. The molecular weight excluding hydrogens is 300 g/mol. The van der Waals surface area contributed by atoms with Crippen molar-refractivity contribution in [3.63, 3.8) is 0 Å². The summed E-state index contributed by atoms with van der Waals surface area (Å²) in [5.74, 6) is 0.571. The monoisotopic (exact) mass is 318 g/mol. The van der Waals surface area contributed by atoms with Crippen molar-refractivity contribution in [2.75, 3.05) is 11.5 Å². The Balaban J connectivity index is 2.28. The maximum atomic E-state index is 11.3. The summed E-state index contributed by atoms with van der Waals surface area (Å²) in [6.45, 7) is 1.70. The highest BCUT2D eigenvalue weighted by molar-refractivity contribution is 9.09. The number of rotatable bonds is 7. The van der Waals surface area contributed by atoms with Crippen LogP contribution in [0.5, 0.6) is 0 Å². The smallest absolute Gasteiger partial charge is 0.150 e. The first kappa shape index (κ1) is 14.7. The standard InChI is InChI=1S/C13H19BrO2S/c1-2-17(15,16)11-7-6-10-13(14)12-8-4-3-5-9-12/h3-5,8-9,13H,2,6-7,10-11H2,1H3. The maximum Gasteiger partial charge on any atom is 0.150 e. The van der Waals surface area contributed by atoms with Crippen molar-refractivity contribution in [2.45, 2.75) is 31.0 Å². The second-order valence-electron chi connectivity index (χ2n) is 4.11. The normalized spacial score (nSPS) is 13.5. The molecule has 1 aromatic rings. The van der Waals surface area contributed by atoms with Crippen LogP contribution in [0.2, 0.25) is 0 Å². The second kappa shape index (κ2) is 7.17. The first-order valence-electron chi connectivity index (χ1n) is 5.94. The number of unbranched alkanes of at least 4 members (excludes halogenated alkanes) is 1. The molecule has 1 atom stereocenters. The van der Waals surface area contributed by atoms with Crippen LogP contribution in [0.3, 0.4) is 0 Å². The highest BCUT2D eigenvalue weighted by Crippen LogP contribution is 2.27. The van der Waals surface area contributed by atoms with Crippen molar-refractivity contribution >= 4 is 25.8 Å². The molecule has 0 aromatic heterocycles. The maximum absolute atomic E-state index is 11.3. The summed E-state index contributed by atoms with van der Waals surface area (Å²) in [5, 5.41) is 0. The van der Waals surface area contributed by atoms with Gasteiger partial charge in [-0.1, -0.05) is 59.6 Å². The number of sulfone groups is 1. The van der Waals surface area contributed by atoms with Gasteiger partial charge in [0.1, 0.15) is 9.84 Å². The zero-order valence-electron chi connectivity index (χ0n) is 10.1. The highest BCUT2D eigenvalue weighted by atomic mass is 79.9. The molecule has 1 unspecified atom stereocenters. The Bertz CT molecular complexity index is 414. The van der Waals surface area contributed by atoms with Crippen molar-refractivity contribution in [1.29, 1.82) is 0 Å². The Morgan fingerprint density at radius 3 is 2.41 bits per heavy atom. The molecule has 0 aliphatic heterocycles. The lowest BCUT2D eigenvalue weighted by Crippen LogP contribution is -2.08. The summed E-state index contributed by atoms with van der Waals surface area (Å²) in [6, 6.07) is 10.2. The minimum absolute atomic E-state index is 0.253. The topological polar surface area (TPSA) is 34.1 Å². The van der Waals surface area contributed by atoms with E-state index in [0.717, 1.165) is 19.3 Å². The first-order valence-corrected chi connectivity index (χ1v) is 8.68. The third-order valence-corrected chi connectivity index (χ3v) is 5.54. The predicted octanol–water partition coefficient (Wildman–Crippen LogP) is 3.73. The van der Waals surface area contributed by atoms with Crippen LogP contribution in [-0.2, 0) is 9.84 Å². The van der Waals surface area contributed by atoms with E-state index in [0.29, 0.717) is 10.6 Å². The number of hydrogen-bond donors (Lipinski definition) is 0. The lowest BCUT2D eigenvalue weighted by atomic mass is 10.1. The number of halogens is 1. The van der Waals surface area contributed by atoms with Gasteiger partial charge in [-0.15, -0.1) is 0 Å². The molecular formula is C13H19BrO2S. The zero-order valence-corrected chi connectivity index (χ0v) is 12.5. The average molecular weight is 319 g/mol. The third kappa shape index (κ3) is 5.68. The molecule has 4 heteroatoms. The van der Waals surface area contributed by atoms with Crippen molar-refractivity contribution < 1.29 is 8.42 Å². The van der Waals surface area contributed by atoms with Gasteiger partial charge in [0.2, 0.25) is 0 Å². The molecule has 2 nitrogen and oxygen atoms in total. The summed E-state index contributed by atoms with van der Waals surface area (Å²) >= 11 is 3.63. The van der Waals surface area contributed by atoms with E-state index in [1.807, 2.05) is 18.2 Å². The van der Waals surface area contributed by atoms with E-state index in [1.54, 1.807) is 6.92 Å². The number of hydrogen-bond acceptors (Lipinski definition) is 2. The van der Waals surface area contributed by atoms with Crippen LogP contribution in [-0.4, -0.2) is 19.9 Å². The largest absolute Gasteiger partial charge is 0.229 e. The van der Waals surface area contributed by atoms with Crippen LogP contribution in [0.15, 0.2) is 30.3 Å². The fourth-order valence-electron chi connectivity index (χ4n) is 1.62. The molecule has 0 spiro atoms. The van der Waals surface area contributed by atoms with Crippen LogP contribution in [0.25, 0.3) is 0 Å². The van der Waals surface area contributed by atoms with E-state index in [9.17, 15) is 8.42 Å². The van der Waals surface area contributed by atoms with Crippen molar-refractivity contribution in [2.24, 2.45) is 0 Å². The van der Waals surface area contributed by atoms with Crippen LogP contribution in [0.1, 0.15) is 36.6 Å². The quantitative estimate of drug-likeness (QED) is 0.567. The molecule has 0 saturated heterocycles. The van der Waals surface area contributed by atoms with Gasteiger partial charge in [-0.2, -0.15) is 0 Å². The Hall–Kier alpha value is -0.350. The molecule has 0 bridgehead atoms. The summed E-state index contributed by atoms with van der Waals surface area (Å²) in [5.41, 5.74) is 1.26. The predicted molar refractivity (Wildman–Crippen MR) is 76.3 cm³/mol. The van der Waals surface area contributed by atoms with Gasteiger partial charge in [0, 0.05) is 10.6 Å². The zero-order chi connectivity index (χ0) is 12.7.